The number of carbonyl (C=O) groups excluding carboxylic acids is 1. The molecule has 5 rings (SSSR count). The summed E-state index contributed by atoms with van der Waals surface area (Å²) in [6.07, 6.45) is 0. The molecule has 1 N–H and O–H groups in total. The molecule has 8 nitrogen and oxygen atoms in total. The van der Waals surface area contributed by atoms with Crippen molar-refractivity contribution >= 4 is 38.7 Å². The number of carbonyl (C=O) groups is 1. The lowest BCUT2D eigenvalue weighted by Crippen LogP contribution is -2.32. The molecule has 0 bridgehead atoms. The Morgan fingerprint density at radius 2 is 1.97 bits per heavy atom. The summed E-state index contributed by atoms with van der Waals surface area (Å²) >= 11 is 0.956. The Kier molecular flexibility index (Phi) is 5.98. The molecule has 0 saturated heterocycles. The normalized spacial score (nSPS) is 14.3. The predicted octanol–water partition coefficient (Wildman–Crippen LogP) is 3.34. The van der Waals surface area contributed by atoms with Crippen molar-refractivity contribution in [1.82, 2.24) is 18.4 Å². The van der Waals surface area contributed by atoms with E-state index in [1.807, 2.05) is 0 Å². The molecule has 0 atom stereocenters. The van der Waals surface area contributed by atoms with Crippen molar-refractivity contribution < 1.29 is 22.3 Å². The average molecular weight is 499 g/mol. The van der Waals surface area contributed by atoms with Crippen LogP contribution >= 0.6 is 11.7 Å². The van der Waals surface area contributed by atoms with E-state index in [-0.39, 0.29) is 31.1 Å². The molecular formula is C23H19FN4O4S2. The summed E-state index contributed by atoms with van der Waals surface area (Å²) in [5.74, 6) is -0.288. The van der Waals surface area contributed by atoms with Crippen LogP contribution in [-0.4, -0.2) is 40.5 Å². The van der Waals surface area contributed by atoms with Gasteiger partial charge in [0.05, 0.1) is 11.7 Å². The van der Waals surface area contributed by atoms with Crippen LogP contribution in [-0.2, 0) is 23.1 Å². The Labute approximate surface area is 199 Å². The molecule has 1 aliphatic heterocycles. The molecule has 0 saturated carbocycles. The molecule has 0 radical (unpaired) electrons. The highest BCUT2D eigenvalue weighted by molar-refractivity contribution is 7.89. The Morgan fingerprint density at radius 1 is 1.12 bits per heavy atom. The number of amides is 1. The number of hydrogen-bond donors (Lipinski definition) is 1. The van der Waals surface area contributed by atoms with Gasteiger partial charge >= 0.3 is 0 Å². The molecule has 1 aromatic heterocycles. The van der Waals surface area contributed by atoms with Crippen LogP contribution < -0.4 is 10.1 Å². The SMILES string of the molecule is O=C(NCc1ccccc1F)c1ccc2c(c1)CN(S(=O)(=O)c1cccc3nsnc13)CCO2. The zero-order valence-corrected chi connectivity index (χ0v) is 19.4. The van der Waals surface area contributed by atoms with Crippen molar-refractivity contribution in [2.24, 2.45) is 0 Å². The quantitative estimate of drug-likeness (QED) is 0.453. The number of nitrogens with one attached hydrogen (secondary N) is 1. The topological polar surface area (TPSA) is 101 Å². The Bertz CT molecular complexity index is 1490. The van der Waals surface area contributed by atoms with Crippen molar-refractivity contribution in [3.63, 3.8) is 0 Å². The maximum Gasteiger partial charge on any atom is 0.251 e. The van der Waals surface area contributed by atoms with Gasteiger partial charge in [-0.25, -0.2) is 12.8 Å². The highest BCUT2D eigenvalue weighted by atomic mass is 32.2. The third kappa shape index (κ3) is 4.25. The summed E-state index contributed by atoms with van der Waals surface area (Å²) < 4.78 is 56.1. The fourth-order valence-electron chi connectivity index (χ4n) is 3.76. The number of sulfonamides is 1. The van der Waals surface area contributed by atoms with E-state index < -0.39 is 21.7 Å². The van der Waals surface area contributed by atoms with E-state index >= 15 is 0 Å². The van der Waals surface area contributed by atoms with Gasteiger partial charge in [0.25, 0.3) is 5.91 Å². The first-order valence-electron chi connectivity index (χ1n) is 10.4. The number of aromatic nitrogens is 2. The molecule has 0 spiro atoms. The Balaban J connectivity index is 1.39. The third-order valence-electron chi connectivity index (χ3n) is 5.53. The van der Waals surface area contributed by atoms with Gasteiger partial charge in [-0.3, -0.25) is 4.79 Å². The van der Waals surface area contributed by atoms with E-state index in [4.69, 9.17) is 4.74 Å². The summed E-state index contributed by atoms with van der Waals surface area (Å²) in [5, 5.41) is 2.70. The van der Waals surface area contributed by atoms with Crippen LogP contribution in [0.2, 0.25) is 0 Å². The summed E-state index contributed by atoms with van der Waals surface area (Å²) in [5.41, 5.74) is 2.11. The zero-order valence-electron chi connectivity index (χ0n) is 17.8. The highest BCUT2D eigenvalue weighted by Crippen LogP contribution is 2.30. The predicted molar refractivity (Wildman–Crippen MR) is 125 cm³/mol. The standard InChI is InChI=1S/C23H19FN4O4S2/c24-18-5-2-1-4-16(18)13-25-23(29)15-8-9-20-17(12-15)14-28(10-11-32-20)34(30,31)21-7-3-6-19-22(21)27-33-26-19/h1-9,12H,10-11,13-14H2,(H,25,29). The molecule has 11 heteroatoms. The molecule has 0 unspecified atom stereocenters. The number of nitrogens with zero attached hydrogens (tertiary/aromatic N) is 3. The van der Waals surface area contributed by atoms with Gasteiger partial charge in [0.15, 0.2) is 0 Å². The lowest BCUT2D eigenvalue weighted by Gasteiger charge is -2.19. The van der Waals surface area contributed by atoms with E-state index in [0.29, 0.717) is 33.5 Å². The monoisotopic (exact) mass is 498 g/mol. The summed E-state index contributed by atoms with van der Waals surface area (Å²) in [7, 11) is -3.89. The number of hydrogen-bond acceptors (Lipinski definition) is 7. The molecule has 0 aliphatic carbocycles. The van der Waals surface area contributed by atoms with Crippen molar-refractivity contribution in [2.45, 2.75) is 18.0 Å². The van der Waals surface area contributed by atoms with Crippen molar-refractivity contribution in [3.05, 3.63) is 83.2 Å². The van der Waals surface area contributed by atoms with Crippen LogP contribution in [0.25, 0.3) is 11.0 Å². The van der Waals surface area contributed by atoms with Gasteiger partial charge in [0, 0.05) is 36.3 Å². The second-order valence-corrected chi connectivity index (χ2v) is 10.1. The Morgan fingerprint density at radius 3 is 2.82 bits per heavy atom. The number of ether oxygens (including phenoxy) is 1. The first-order chi connectivity index (χ1) is 16.4. The number of rotatable bonds is 5. The van der Waals surface area contributed by atoms with E-state index in [2.05, 4.69) is 14.1 Å². The van der Waals surface area contributed by atoms with E-state index in [1.165, 1.54) is 16.4 Å². The minimum atomic E-state index is -3.89. The minimum absolute atomic E-state index is 0.0278. The fraction of sp³-hybridized carbons (Fsp3) is 0.174. The van der Waals surface area contributed by atoms with Crippen molar-refractivity contribution in [1.29, 1.82) is 0 Å². The number of halogens is 1. The second-order valence-electron chi connectivity index (χ2n) is 7.67. The van der Waals surface area contributed by atoms with Crippen LogP contribution in [0.15, 0.2) is 65.6 Å². The van der Waals surface area contributed by atoms with Crippen LogP contribution in [0.4, 0.5) is 4.39 Å². The molecule has 4 aromatic rings. The van der Waals surface area contributed by atoms with Gasteiger partial charge < -0.3 is 10.1 Å². The molecular weight excluding hydrogens is 479 g/mol. The van der Waals surface area contributed by atoms with Gasteiger partial charge in [0.2, 0.25) is 10.0 Å². The van der Waals surface area contributed by atoms with E-state index in [9.17, 15) is 17.6 Å². The lowest BCUT2D eigenvalue weighted by atomic mass is 10.1. The highest BCUT2D eigenvalue weighted by Gasteiger charge is 2.30. The van der Waals surface area contributed by atoms with Crippen LogP contribution in [0.1, 0.15) is 21.5 Å². The summed E-state index contributed by atoms with van der Waals surface area (Å²) in [6.45, 7) is 0.363. The summed E-state index contributed by atoms with van der Waals surface area (Å²) in [4.78, 5) is 12.8. The van der Waals surface area contributed by atoms with Crippen molar-refractivity contribution in [2.75, 3.05) is 13.2 Å². The van der Waals surface area contributed by atoms with Gasteiger partial charge in [-0.2, -0.15) is 13.1 Å². The van der Waals surface area contributed by atoms with Crippen molar-refractivity contribution in [3.8, 4) is 5.75 Å². The van der Waals surface area contributed by atoms with Gasteiger partial charge in [-0.1, -0.05) is 24.3 Å². The third-order valence-corrected chi connectivity index (χ3v) is 7.95. The molecule has 3 aromatic carbocycles. The van der Waals surface area contributed by atoms with Crippen LogP contribution in [0.3, 0.4) is 0 Å². The average Bonchev–Trinajstić information content (AvgIpc) is 3.21. The van der Waals surface area contributed by atoms with Crippen LogP contribution in [0.5, 0.6) is 5.75 Å². The van der Waals surface area contributed by atoms with Gasteiger partial charge in [0.1, 0.15) is 34.1 Å². The minimum Gasteiger partial charge on any atom is -0.492 e. The Hall–Kier alpha value is -3.41. The maximum absolute atomic E-state index is 13.8. The second kappa shape index (κ2) is 9.09. The summed E-state index contributed by atoms with van der Waals surface area (Å²) in [6, 6.07) is 15.9. The molecule has 174 valence electrons. The molecule has 2 heterocycles. The largest absolute Gasteiger partial charge is 0.492 e. The van der Waals surface area contributed by atoms with E-state index in [0.717, 1.165) is 11.7 Å². The molecule has 0 fully saturated rings. The molecule has 1 amide bonds. The number of benzene rings is 3. The van der Waals surface area contributed by atoms with Gasteiger partial charge in [-0.05, 0) is 36.4 Å². The fourth-order valence-corrected chi connectivity index (χ4v) is 5.92. The maximum atomic E-state index is 13.8. The molecule has 1 aliphatic rings. The van der Waals surface area contributed by atoms with Gasteiger partial charge in [-0.15, -0.1) is 0 Å². The number of fused-ring (bicyclic) bond motifs is 2. The van der Waals surface area contributed by atoms with E-state index in [1.54, 1.807) is 48.5 Å². The molecule has 34 heavy (non-hydrogen) atoms. The lowest BCUT2D eigenvalue weighted by molar-refractivity contribution is 0.0950. The van der Waals surface area contributed by atoms with Crippen LogP contribution in [0, 0.1) is 5.82 Å². The first kappa shape index (κ1) is 22.4. The smallest absolute Gasteiger partial charge is 0.251 e. The zero-order chi connectivity index (χ0) is 23.7. The first-order valence-corrected chi connectivity index (χ1v) is 12.6.